The molecule has 3 aliphatic carbocycles. The monoisotopic (exact) mass is 830 g/mol. The summed E-state index contributed by atoms with van der Waals surface area (Å²) >= 11 is 7.30. The van der Waals surface area contributed by atoms with Crippen molar-refractivity contribution in [2.75, 3.05) is 40.5 Å². The van der Waals surface area contributed by atoms with Gasteiger partial charge in [0.05, 0.1) is 31.3 Å². The van der Waals surface area contributed by atoms with Crippen molar-refractivity contribution in [1.82, 2.24) is 19.8 Å². The maximum Gasteiger partial charge on any atom is 0.438 e. The third kappa shape index (κ3) is 7.12. The molecule has 3 aliphatic heterocycles. The lowest BCUT2D eigenvalue weighted by Gasteiger charge is -2.51. The van der Waals surface area contributed by atoms with Gasteiger partial charge in [0.15, 0.2) is 0 Å². The fraction of sp³-hybridized carbons (Fsp3) is 0.500. The first kappa shape index (κ1) is 40.0. The number of carbonyl (C=O) groups is 1. The topological polar surface area (TPSA) is 86.2 Å². The average molecular weight is 831 g/mol. The molecule has 4 heterocycles. The molecule has 1 aromatic heterocycles. The predicted molar refractivity (Wildman–Crippen MR) is 218 cm³/mol. The number of nitrogens with zero attached hydrogens (tertiary/aromatic N) is 4. The Labute approximate surface area is 348 Å². The number of aryl methyl sites for hydroxylation is 1. The second kappa shape index (κ2) is 15.6. The van der Waals surface area contributed by atoms with Crippen molar-refractivity contribution in [2.45, 2.75) is 96.1 Å². The zero-order valence-corrected chi connectivity index (χ0v) is 34.7. The SMILES string of the molecule is CCOC(=O)C12CCC(CC1)N(Cc1nc(C(F)(F)F)c(OC3CCc4c(-c5cccc(-c6cc7c(c(OC)c6)C(N6CC(C)C6)CC7)c5Cl)cccc43)nc1OC)C2. The molecule has 10 rings (SSSR count). The molecule has 9 nitrogen and oxygen atoms in total. The summed E-state index contributed by atoms with van der Waals surface area (Å²) in [5, 5.41) is 0.596. The third-order valence-corrected chi connectivity index (χ3v) is 13.8. The van der Waals surface area contributed by atoms with E-state index in [1.54, 1.807) is 14.0 Å². The lowest BCUT2D eigenvalue weighted by atomic mass is 9.67. The molecule has 2 bridgehead atoms. The van der Waals surface area contributed by atoms with Crippen molar-refractivity contribution >= 4 is 17.6 Å². The van der Waals surface area contributed by atoms with Gasteiger partial charge < -0.3 is 18.9 Å². The van der Waals surface area contributed by atoms with Crippen LogP contribution in [0.25, 0.3) is 22.3 Å². The fourth-order valence-electron chi connectivity index (χ4n) is 10.6. The van der Waals surface area contributed by atoms with Gasteiger partial charge in [-0.2, -0.15) is 18.2 Å². The van der Waals surface area contributed by atoms with Crippen LogP contribution in [0.3, 0.4) is 0 Å². The van der Waals surface area contributed by atoms with Crippen molar-refractivity contribution in [3.63, 3.8) is 0 Å². The fourth-order valence-corrected chi connectivity index (χ4v) is 10.9. The van der Waals surface area contributed by atoms with Gasteiger partial charge in [0.1, 0.15) is 17.5 Å². The number of esters is 1. The highest BCUT2D eigenvalue weighted by molar-refractivity contribution is 6.36. The number of benzene rings is 3. The molecule has 1 saturated carbocycles. The summed E-state index contributed by atoms with van der Waals surface area (Å²) in [6.07, 6.45) is 0.406. The molecule has 4 fully saturated rings. The molecular weight excluding hydrogens is 781 g/mol. The molecule has 59 heavy (non-hydrogen) atoms. The quantitative estimate of drug-likeness (QED) is 0.137. The van der Waals surface area contributed by atoms with Crippen molar-refractivity contribution < 1.29 is 36.9 Å². The molecule has 13 heteroatoms. The van der Waals surface area contributed by atoms with Gasteiger partial charge in [-0.3, -0.25) is 14.6 Å². The number of likely N-dealkylation sites (tertiary alicyclic amines) is 1. The minimum Gasteiger partial charge on any atom is -0.496 e. The van der Waals surface area contributed by atoms with E-state index in [1.165, 1.54) is 18.2 Å². The van der Waals surface area contributed by atoms with Crippen LogP contribution in [0.15, 0.2) is 48.5 Å². The lowest BCUT2D eigenvalue weighted by Crippen LogP contribution is -2.57. The molecule has 0 N–H and O–H groups in total. The summed E-state index contributed by atoms with van der Waals surface area (Å²) in [7, 11) is 3.10. The van der Waals surface area contributed by atoms with E-state index in [0.29, 0.717) is 49.2 Å². The Morgan fingerprint density at radius 2 is 1.68 bits per heavy atom. The first-order chi connectivity index (χ1) is 28.4. The van der Waals surface area contributed by atoms with Crippen LogP contribution >= 0.6 is 11.6 Å². The maximum absolute atomic E-state index is 14.8. The van der Waals surface area contributed by atoms with Gasteiger partial charge >= 0.3 is 12.1 Å². The Morgan fingerprint density at radius 3 is 2.39 bits per heavy atom. The molecule has 3 saturated heterocycles. The molecule has 0 radical (unpaired) electrons. The number of rotatable bonds is 11. The largest absolute Gasteiger partial charge is 0.496 e. The maximum atomic E-state index is 14.8. The highest BCUT2D eigenvalue weighted by Crippen LogP contribution is 2.50. The number of halogens is 4. The predicted octanol–water partition coefficient (Wildman–Crippen LogP) is 9.81. The van der Waals surface area contributed by atoms with E-state index in [1.807, 2.05) is 41.3 Å². The minimum absolute atomic E-state index is 0.0379. The normalized spacial score (nSPS) is 24.1. The van der Waals surface area contributed by atoms with Crippen molar-refractivity contribution in [3.05, 3.63) is 87.2 Å². The third-order valence-electron chi connectivity index (χ3n) is 13.4. The Balaban J connectivity index is 0.993. The van der Waals surface area contributed by atoms with Crippen LogP contribution in [-0.4, -0.2) is 72.2 Å². The number of hydrogen-bond donors (Lipinski definition) is 0. The smallest absolute Gasteiger partial charge is 0.438 e. The summed E-state index contributed by atoms with van der Waals surface area (Å²) < 4.78 is 67.6. The van der Waals surface area contributed by atoms with E-state index >= 15 is 0 Å². The number of methoxy groups -OCH3 is 2. The van der Waals surface area contributed by atoms with Gasteiger partial charge in [-0.15, -0.1) is 0 Å². The lowest BCUT2D eigenvalue weighted by molar-refractivity contribution is -0.166. The Bertz CT molecular complexity index is 2270. The number of ether oxygens (including phenoxy) is 4. The van der Waals surface area contributed by atoms with Crippen LogP contribution in [-0.2, 0) is 35.1 Å². The van der Waals surface area contributed by atoms with E-state index < -0.39 is 29.3 Å². The van der Waals surface area contributed by atoms with E-state index in [0.717, 1.165) is 77.9 Å². The van der Waals surface area contributed by atoms with E-state index in [-0.39, 0.29) is 36.7 Å². The van der Waals surface area contributed by atoms with Crippen LogP contribution in [0.1, 0.15) is 98.2 Å². The number of hydrogen-bond acceptors (Lipinski definition) is 9. The first-order valence-electron chi connectivity index (χ1n) is 20.9. The van der Waals surface area contributed by atoms with E-state index in [9.17, 15) is 18.0 Å². The van der Waals surface area contributed by atoms with Crippen LogP contribution in [0.5, 0.6) is 17.5 Å². The summed E-state index contributed by atoms with van der Waals surface area (Å²) in [5.74, 6) is 0.688. The van der Waals surface area contributed by atoms with Gasteiger partial charge in [0, 0.05) is 55.0 Å². The van der Waals surface area contributed by atoms with Crippen LogP contribution < -0.4 is 14.2 Å². The minimum atomic E-state index is -4.84. The summed E-state index contributed by atoms with van der Waals surface area (Å²) in [6.45, 7) is 6.99. The zero-order chi connectivity index (χ0) is 41.2. The number of alkyl halides is 3. The Hall–Kier alpha value is -4.39. The molecule has 6 aliphatic rings. The van der Waals surface area contributed by atoms with E-state index in [2.05, 4.69) is 33.9 Å². The second-order valence-corrected chi connectivity index (χ2v) is 17.4. The van der Waals surface area contributed by atoms with Crippen LogP contribution in [0, 0.1) is 11.3 Å². The van der Waals surface area contributed by atoms with Crippen molar-refractivity contribution in [3.8, 4) is 39.8 Å². The zero-order valence-electron chi connectivity index (χ0n) is 34.0. The van der Waals surface area contributed by atoms with Crippen molar-refractivity contribution in [2.24, 2.45) is 11.3 Å². The van der Waals surface area contributed by atoms with Gasteiger partial charge in [-0.25, -0.2) is 4.98 Å². The summed E-state index contributed by atoms with van der Waals surface area (Å²) in [4.78, 5) is 26.0. The second-order valence-electron chi connectivity index (χ2n) is 17.0. The standard InChI is InChI=1S/C46H50ClF3N4O5/c1-5-58-44(55)45-18-16-29(17-19-45)54(25-45)24-35-42(57-4)52-43(41(51-35)46(48,49)50)59-37-15-13-32-31(9-7-10-33(32)37)34-11-6-8-30(40(34)47)28-20-27-12-14-36(53-22-26(2)23-53)39(27)38(21-28)56-3/h6-11,20-21,26,29,36-37H,5,12-19,22-25H2,1-4H3. The number of fused-ring (bicyclic) bond motifs is 5. The first-order valence-corrected chi connectivity index (χ1v) is 21.2. The van der Waals surface area contributed by atoms with Gasteiger partial charge in [0.25, 0.3) is 0 Å². The van der Waals surface area contributed by atoms with Gasteiger partial charge in [-0.05, 0) is 98.1 Å². The summed E-state index contributed by atoms with van der Waals surface area (Å²) in [6, 6.07) is 16.6. The molecule has 312 valence electrons. The van der Waals surface area contributed by atoms with Crippen LogP contribution in [0.2, 0.25) is 5.02 Å². The molecule has 4 aromatic rings. The molecule has 2 atom stereocenters. The van der Waals surface area contributed by atoms with Crippen molar-refractivity contribution in [1.29, 1.82) is 0 Å². The number of aromatic nitrogens is 2. The number of carbonyl (C=O) groups excluding carboxylic acids is 1. The molecular formula is C46H50ClF3N4O5. The van der Waals surface area contributed by atoms with Gasteiger partial charge in [-0.1, -0.05) is 61.0 Å². The average Bonchev–Trinajstić information content (AvgIpc) is 3.84. The summed E-state index contributed by atoms with van der Waals surface area (Å²) in [5.41, 5.74) is 6.12. The number of piperidine rings is 2. The van der Waals surface area contributed by atoms with Gasteiger partial charge in [0.2, 0.25) is 17.5 Å². The van der Waals surface area contributed by atoms with Crippen LogP contribution in [0.4, 0.5) is 13.2 Å². The molecule has 0 spiro atoms. The molecule has 3 aromatic carbocycles. The Kier molecular flexibility index (Phi) is 10.6. The highest BCUT2D eigenvalue weighted by atomic mass is 35.5. The van der Waals surface area contributed by atoms with E-state index in [4.69, 9.17) is 30.5 Å². The molecule has 0 amide bonds. The Morgan fingerprint density at radius 1 is 0.932 bits per heavy atom. The molecule has 2 unspecified atom stereocenters. The highest BCUT2D eigenvalue weighted by Gasteiger charge is 2.51.